The molecule has 0 aliphatic rings. The lowest BCUT2D eigenvalue weighted by molar-refractivity contribution is 0.609. The van der Waals surface area contributed by atoms with Gasteiger partial charge in [0.25, 0.3) is 10.0 Å². The molecular formula is C12H13N3O2S. The standard InChI is InChI=1S/C12H13N3O2S/c1-10-9-12(14-13-10)15-18(16,17)8-7-11-5-3-2-4-6-11/h2-9H,1H3,(H2,13,14,15)/b8-7+. The van der Waals surface area contributed by atoms with E-state index in [-0.39, 0.29) is 5.82 Å². The van der Waals surface area contributed by atoms with E-state index in [1.54, 1.807) is 13.0 Å². The fourth-order valence-electron chi connectivity index (χ4n) is 1.38. The third-order valence-corrected chi connectivity index (χ3v) is 3.18. The molecule has 0 atom stereocenters. The van der Waals surface area contributed by atoms with Gasteiger partial charge in [-0.1, -0.05) is 30.3 Å². The van der Waals surface area contributed by atoms with E-state index < -0.39 is 10.0 Å². The van der Waals surface area contributed by atoms with Crippen LogP contribution in [-0.2, 0) is 10.0 Å². The molecule has 5 nitrogen and oxygen atoms in total. The number of sulfonamides is 1. The van der Waals surface area contributed by atoms with E-state index in [9.17, 15) is 8.42 Å². The molecule has 0 fully saturated rings. The molecule has 0 radical (unpaired) electrons. The van der Waals surface area contributed by atoms with Crippen LogP contribution in [0.5, 0.6) is 0 Å². The summed E-state index contributed by atoms with van der Waals surface area (Å²) >= 11 is 0. The average molecular weight is 263 g/mol. The number of rotatable bonds is 4. The summed E-state index contributed by atoms with van der Waals surface area (Å²) in [6, 6.07) is 10.8. The normalized spacial score (nSPS) is 11.8. The molecule has 0 spiro atoms. The first-order valence-corrected chi connectivity index (χ1v) is 6.88. The number of hydrogen-bond acceptors (Lipinski definition) is 3. The second-order valence-corrected chi connectivity index (χ2v) is 5.36. The lowest BCUT2D eigenvalue weighted by Crippen LogP contribution is -2.08. The maximum absolute atomic E-state index is 11.7. The van der Waals surface area contributed by atoms with Gasteiger partial charge in [0.15, 0.2) is 5.82 Å². The van der Waals surface area contributed by atoms with E-state index in [2.05, 4.69) is 14.9 Å². The van der Waals surface area contributed by atoms with Crippen LogP contribution < -0.4 is 4.72 Å². The summed E-state index contributed by atoms with van der Waals surface area (Å²) in [6.45, 7) is 1.80. The SMILES string of the molecule is Cc1cc(NS(=O)(=O)/C=C/c2ccccc2)n[nH]1. The molecule has 1 heterocycles. The number of anilines is 1. The third-order valence-electron chi connectivity index (χ3n) is 2.19. The van der Waals surface area contributed by atoms with E-state index >= 15 is 0 Å². The van der Waals surface area contributed by atoms with Crippen molar-refractivity contribution in [3.05, 3.63) is 53.1 Å². The molecule has 0 amide bonds. The summed E-state index contributed by atoms with van der Waals surface area (Å²) < 4.78 is 25.8. The summed E-state index contributed by atoms with van der Waals surface area (Å²) in [4.78, 5) is 0. The highest BCUT2D eigenvalue weighted by Gasteiger charge is 2.07. The smallest absolute Gasteiger partial charge is 0.256 e. The Morgan fingerprint density at radius 1 is 1.28 bits per heavy atom. The van der Waals surface area contributed by atoms with Gasteiger partial charge in [-0.2, -0.15) is 5.10 Å². The number of aromatic amines is 1. The molecular weight excluding hydrogens is 250 g/mol. The largest absolute Gasteiger partial charge is 0.281 e. The van der Waals surface area contributed by atoms with Gasteiger partial charge in [0.2, 0.25) is 0 Å². The van der Waals surface area contributed by atoms with E-state index in [1.807, 2.05) is 30.3 Å². The molecule has 0 bridgehead atoms. The van der Waals surface area contributed by atoms with Crippen LogP contribution in [0.15, 0.2) is 41.8 Å². The lowest BCUT2D eigenvalue weighted by Gasteiger charge is -1.99. The van der Waals surface area contributed by atoms with Gasteiger partial charge in [0.1, 0.15) is 0 Å². The Labute approximate surface area is 106 Å². The molecule has 6 heteroatoms. The highest BCUT2D eigenvalue weighted by Crippen LogP contribution is 2.09. The van der Waals surface area contributed by atoms with E-state index in [0.717, 1.165) is 16.7 Å². The molecule has 0 unspecified atom stereocenters. The molecule has 2 N–H and O–H groups in total. The Balaban J connectivity index is 2.10. The van der Waals surface area contributed by atoms with Crippen molar-refractivity contribution in [2.75, 3.05) is 4.72 Å². The van der Waals surface area contributed by atoms with Crippen molar-refractivity contribution in [3.8, 4) is 0 Å². The number of nitrogens with zero attached hydrogens (tertiary/aromatic N) is 1. The minimum absolute atomic E-state index is 0.283. The van der Waals surface area contributed by atoms with Gasteiger partial charge >= 0.3 is 0 Å². The van der Waals surface area contributed by atoms with Crippen LogP contribution >= 0.6 is 0 Å². The number of benzene rings is 1. The van der Waals surface area contributed by atoms with Crippen molar-refractivity contribution in [3.63, 3.8) is 0 Å². The van der Waals surface area contributed by atoms with Crippen molar-refractivity contribution < 1.29 is 8.42 Å². The quantitative estimate of drug-likeness (QED) is 0.887. The van der Waals surface area contributed by atoms with Gasteiger partial charge < -0.3 is 0 Å². The fourth-order valence-corrected chi connectivity index (χ4v) is 2.18. The molecule has 2 aromatic rings. The molecule has 1 aromatic heterocycles. The van der Waals surface area contributed by atoms with Crippen LogP contribution in [0.3, 0.4) is 0 Å². The maximum atomic E-state index is 11.7. The number of aryl methyl sites for hydroxylation is 1. The Hall–Kier alpha value is -2.08. The minimum atomic E-state index is -3.53. The first-order valence-electron chi connectivity index (χ1n) is 5.33. The van der Waals surface area contributed by atoms with Crippen LogP contribution in [-0.4, -0.2) is 18.6 Å². The predicted molar refractivity (Wildman–Crippen MR) is 71.3 cm³/mol. The Morgan fingerprint density at radius 3 is 2.61 bits per heavy atom. The van der Waals surface area contributed by atoms with E-state index in [1.165, 1.54) is 6.08 Å². The molecule has 0 saturated heterocycles. The van der Waals surface area contributed by atoms with Gasteiger partial charge in [-0.3, -0.25) is 9.82 Å². The summed E-state index contributed by atoms with van der Waals surface area (Å²) in [7, 11) is -3.53. The Morgan fingerprint density at radius 2 is 2.00 bits per heavy atom. The topological polar surface area (TPSA) is 74.8 Å². The van der Waals surface area contributed by atoms with Gasteiger partial charge in [-0.15, -0.1) is 0 Å². The monoisotopic (exact) mass is 263 g/mol. The second-order valence-electron chi connectivity index (χ2n) is 3.80. The second kappa shape index (κ2) is 5.05. The fraction of sp³-hybridized carbons (Fsp3) is 0.0833. The number of nitrogens with one attached hydrogen (secondary N) is 2. The van der Waals surface area contributed by atoms with Crippen LogP contribution in [0.25, 0.3) is 6.08 Å². The number of H-pyrrole nitrogens is 1. The Kier molecular flexibility index (Phi) is 3.47. The molecule has 0 aliphatic carbocycles. The first kappa shape index (κ1) is 12.4. The van der Waals surface area contributed by atoms with Crippen molar-refractivity contribution in [2.24, 2.45) is 0 Å². The Bertz CT molecular complexity index is 645. The van der Waals surface area contributed by atoms with Crippen LogP contribution in [0, 0.1) is 6.92 Å². The van der Waals surface area contributed by atoms with Crippen molar-refractivity contribution in [1.82, 2.24) is 10.2 Å². The average Bonchev–Trinajstić information content (AvgIpc) is 2.73. The lowest BCUT2D eigenvalue weighted by atomic mass is 10.2. The third kappa shape index (κ3) is 3.46. The number of aromatic nitrogens is 2. The predicted octanol–water partition coefficient (Wildman–Crippen LogP) is 2.13. The van der Waals surface area contributed by atoms with Gasteiger partial charge in [-0.25, -0.2) is 8.42 Å². The summed E-state index contributed by atoms with van der Waals surface area (Å²) in [5.74, 6) is 0.283. The van der Waals surface area contributed by atoms with Crippen LogP contribution in [0.1, 0.15) is 11.3 Å². The molecule has 94 valence electrons. The molecule has 18 heavy (non-hydrogen) atoms. The molecule has 1 aromatic carbocycles. The van der Waals surface area contributed by atoms with Crippen molar-refractivity contribution in [2.45, 2.75) is 6.92 Å². The van der Waals surface area contributed by atoms with Gasteiger partial charge in [0, 0.05) is 11.8 Å². The first-order chi connectivity index (χ1) is 8.55. The van der Waals surface area contributed by atoms with Gasteiger partial charge in [-0.05, 0) is 18.6 Å². The maximum Gasteiger partial charge on any atom is 0.256 e. The molecule has 0 aliphatic heterocycles. The highest BCUT2D eigenvalue weighted by atomic mass is 32.2. The van der Waals surface area contributed by atoms with Crippen LogP contribution in [0.4, 0.5) is 5.82 Å². The summed E-state index contributed by atoms with van der Waals surface area (Å²) in [5.41, 5.74) is 1.61. The minimum Gasteiger partial charge on any atom is -0.281 e. The van der Waals surface area contributed by atoms with E-state index in [0.29, 0.717) is 0 Å². The van der Waals surface area contributed by atoms with Crippen molar-refractivity contribution in [1.29, 1.82) is 0 Å². The zero-order valence-corrected chi connectivity index (χ0v) is 10.6. The summed E-state index contributed by atoms with van der Waals surface area (Å²) in [5, 5.41) is 7.59. The zero-order chi connectivity index (χ0) is 13.0. The zero-order valence-electron chi connectivity index (χ0n) is 9.79. The van der Waals surface area contributed by atoms with Gasteiger partial charge in [0.05, 0.1) is 5.41 Å². The summed E-state index contributed by atoms with van der Waals surface area (Å²) in [6.07, 6.45) is 1.53. The number of hydrogen-bond donors (Lipinski definition) is 2. The molecule has 0 saturated carbocycles. The van der Waals surface area contributed by atoms with Crippen LogP contribution in [0.2, 0.25) is 0 Å². The van der Waals surface area contributed by atoms with Crippen molar-refractivity contribution >= 4 is 21.9 Å². The molecule has 2 rings (SSSR count). The highest BCUT2D eigenvalue weighted by molar-refractivity contribution is 7.95. The van der Waals surface area contributed by atoms with E-state index in [4.69, 9.17) is 0 Å².